The average Bonchev–Trinajstić information content (AvgIpc) is 2.81. The van der Waals surface area contributed by atoms with E-state index < -0.39 is 0 Å². The highest BCUT2D eigenvalue weighted by Crippen LogP contribution is 2.45. The summed E-state index contributed by atoms with van der Waals surface area (Å²) in [5, 5.41) is 0. The third-order valence-corrected chi connectivity index (χ3v) is 4.86. The van der Waals surface area contributed by atoms with E-state index in [1.54, 1.807) is 5.56 Å². The van der Waals surface area contributed by atoms with Crippen molar-refractivity contribution in [1.82, 2.24) is 4.90 Å². The average molecular weight is 259 g/mol. The van der Waals surface area contributed by atoms with Crippen LogP contribution in [0.15, 0.2) is 24.3 Å². The number of hydrogen-bond donors (Lipinski definition) is 0. The van der Waals surface area contributed by atoms with Gasteiger partial charge in [-0.05, 0) is 55.3 Å². The lowest BCUT2D eigenvalue weighted by Gasteiger charge is -2.39. The standard InChI is InChI=1S/C16H21NO2/c1-19-15(18)12-17-10-8-16(9-11-17)7-6-13-4-2-3-5-14(13)16/h2-5H,6-12H2,1H3. The van der Waals surface area contributed by atoms with Crippen molar-refractivity contribution in [2.45, 2.75) is 31.1 Å². The summed E-state index contributed by atoms with van der Waals surface area (Å²) in [6, 6.07) is 8.88. The molecule has 3 heteroatoms. The van der Waals surface area contributed by atoms with Crippen molar-refractivity contribution < 1.29 is 9.53 Å². The van der Waals surface area contributed by atoms with Gasteiger partial charge in [-0.25, -0.2) is 0 Å². The van der Waals surface area contributed by atoms with Crippen molar-refractivity contribution in [1.29, 1.82) is 0 Å². The van der Waals surface area contributed by atoms with E-state index in [1.807, 2.05) is 0 Å². The van der Waals surface area contributed by atoms with Crippen molar-refractivity contribution in [3.63, 3.8) is 0 Å². The van der Waals surface area contributed by atoms with E-state index in [4.69, 9.17) is 4.74 Å². The Bertz CT molecular complexity index is 475. The second-order valence-corrected chi connectivity index (χ2v) is 5.79. The fourth-order valence-corrected chi connectivity index (χ4v) is 3.67. The quantitative estimate of drug-likeness (QED) is 0.762. The number of fused-ring (bicyclic) bond motifs is 2. The molecule has 0 saturated carbocycles. The third kappa shape index (κ3) is 2.27. The number of ether oxygens (including phenoxy) is 1. The number of carbonyl (C=O) groups excluding carboxylic acids is 1. The Kier molecular flexibility index (Phi) is 3.31. The molecule has 1 aromatic carbocycles. The highest BCUT2D eigenvalue weighted by atomic mass is 16.5. The topological polar surface area (TPSA) is 29.5 Å². The van der Waals surface area contributed by atoms with Crippen LogP contribution in [0.25, 0.3) is 0 Å². The van der Waals surface area contributed by atoms with E-state index in [2.05, 4.69) is 29.2 Å². The normalized spacial score (nSPS) is 21.3. The van der Waals surface area contributed by atoms with Gasteiger partial charge in [0.2, 0.25) is 0 Å². The highest BCUT2D eigenvalue weighted by Gasteiger charge is 2.40. The van der Waals surface area contributed by atoms with Crippen molar-refractivity contribution in [2.24, 2.45) is 0 Å². The van der Waals surface area contributed by atoms with Crippen LogP contribution in [0.5, 0.6) is 0 Å². The number of likely N-dealkylation sites (tertiary alicyclic amines) is 1. The predicted molar refractivity (Wildman–Crippen MR) is 74.1 cm³/mol. The smallest absolute Gasteiger partial charge is 0.319 e. The van der Waals surface area contributed by atoms with Crippen LogP contribution in [0, 0.1) is 0 Å². The van der Waals surface area contributed by atoms with Crippen LogP contribution >= 0.6 is 0 Å². The molecule has 0 unspecified atom stereocenters. The number of piperidine rings is 1. The summed E-state index contributed by atoms with van der Waals surface area (Å²) >= 11 is 0. The molecule has 0 bridgehead atoms. The second-order valence-electron chi connectivity index (χ2n) is 5.79. The van der Waals surface area contributed by atoms with Gasteiger partial charge in [-0.15, -0.1) is 0 Å². The Morgan fingerprint density at radius 3 is 2.74 bits per heavy atom. The Balaban J connectivity index is 1.69. The van der Waals surface area contributed by atoms with Gasteiger partial charge in [0.05, 0.1) is 13.7 Å². The first kappa shape index (κ1) is 12.7. The number of esters is 1. The molecule has 1 heterocycles. The molecule has 2 aliphatic rings. The lowest BCUT2D eigenvalue weighted by atomic mass is 9.74. The zero-order valence-corrected chi connectivity index (χ0v) is 11.5. The molecule has 0 radical (unpaired) electrons. The molecule has 19 heavy (non-hydrogen) atoms. The third-order valence-electron chi connectivity index (χ3n) is 4.86. The monoisotopic (exact) mass is 259 g/mol. The van der Waals surface area contributed by atoms with Gasteiger partial charge in [0.25, 0.3) is 0 Å². The summed E-state index contributed by atoms with van der Waals surface area (Å²) in [4.78, 5) is 13.5. The molecule has 102 valence electrons. The van der Waals surface area contributed by atoms with Gasteiger partial charge in [-0.2, -0.15) is 0 Å². The summed E-state index contributed by atoms with van der Waals surface area (Å²) in [5.74, 6) is -0.122. The number of hydrogen-bond acceptors (Lipinski definition) is 3. The molecule has 3 rings (SSSR count). The number of carbonyl (C=O) groups is 1. The van der Waals surface area contributed by atoms with Gasteiger partial charge >= 0.3 is 5.97 Å². The summed E-state index contributed by atoms with van der Waals surface area (Å²) < 4.78 is 4.75. The Labute approximate surface area is 114 Å². The summed E-state index contributed by atoms with van der Waals surface area (Å²) in [6.45, 7) is 2.45. The minimum absolute atomic E-state index is 0.122. The van der Waals surface area contributed by atoms with Gasteiger partial charge < -0.3 is 4.74 Å². The molecule has 1 fully saturated rings. The SMILES string of the molecule is COC(=O)CN1CCC2(CCc3ccccc32)CC1. The maximum absolute atomic E-state index is 11.3. The summed E-state index contributed by atoms with van der Waals surface area (Å²) in [6.07, 6.45) is 4.83. The lowest BCUT2D eigenvalue weighted by Crippen LogP contribution is -2.43. The van der Waals surface area contributed by atoms with Gasteiger partial charge in [-0.1, -0.05) is 24.3 Å². The number of benzene rings is 1. The molecule has 0 amide bonds. The summed E-state index contributed by atoms with van der Waals surface area (Å²) in [7, 11) is 1.46. The van der Waals surface area contributed by atoms with Crippen molar-refractivity contribution in [2.75, 3.05) is 26.7 Å². The minimum Gasteiger partial charge on any atom is -0.468 e. The van der Waals surface area contributed by atoms with Crippen LogP contribution < -0.4 is 0 Å². The van der Waals surface area contributed by atoms with E-state index in [0.717, 1.165) is 13.1 Å². The number of rotatable bonds is 2. The van der Waals surface area contributed by atoms with E-state index in [-0.39, 0.29) is 5.97 Å². The summed E-state index contributed by atoms with van der Waals surface area (Å²) in [5.41, 5.74) is 3.47. The Morgan fingerprint density at radius 2 is 2.00 bits per heavy atom. The first-order valence-electron chi connectivity index (χ1n) is 7.11. The Hall–Kier alpha value is -1.35. The first-order valence-corrected chi connectivity index (χ1v) is 7.11. The maximum atomic E-state index is 11.3. The van der Waals surface area contributed by atoms with Crippen LogP contribution in [-0.2, 0) is 21.4 Å². The van der Waals surface area contributed by atoms with Crippen LogP contribution in [0.3, 0.4) is 0 Å². The lowest BCUT2D eigenvalue weighted by molar-refractivity contribution is -0.142. The van der Waals surface area contributed by atoms with Crippen molar-refractivity contribution in [3.05, 3.63) is 35.4 Å². The molecule has 1 saturated heterocycles. The van der Waals surface area contributed by atoms with Gasteiger partial charge in [0.15, 0.2) is 0 Å². The van der Waals surface area contributed by atoms with Crippen LogP contribution in [0.1, 0.15) is 30.4 Å². The molecule has 0 atom stereocenters. The van der Waals surface area contributed by atoms with Crippen LogP contribution in [0.4, 0.5) is 0 Å². The van der Waals surface area contributed by atoms with Crippen molar-refractivity contribution in [3.8, 4) is 0 Å². The van der Waals surface area contributed by atoms with E-state index >= 15 is 0 Å². The molecule has 0 aromatic heterocycles. The van der Waals surface area contributed by atoms with Gasteiger partial charge in [-0.3, -0.25) is 9.69 Å². The fraction of sp³-hybridized carbons (Fsp3) is 0.562. The van der Waals surface area contributed by atoms with Crippen molar-refractivity contribution >= 4 is 5.97 Å². The molecule has 1 aliphatic carbocycles. The molecule has 1 aliphatic heterocycles. The van der Waals surface area contributed by atoms with Crippen LogP contribution in [0.2, 0.25) is 0 Å². The van der Waals surface area contributed by atoms with Crippen LogP contribution in [-0.4, -0.2) is 37.6 Å². The van der Waals surface area contributed by atoms with E-state index in [0.29, 0.717) is 12.0 Å². The molecule has 1 aromatic rings. The van der Waals surface area contributed by atoms with E-state index in [1.165, 1.54) is 38.4 Å². The zero-order chi connectivity index (χ0) is 13.3. The fourth-order valence-electron chi connectivity index (χ4n) is 3.67. The number of aryl methyl sites for hydroxylation is 1. The highest BCUT2D eigenvalue weighted by molar-refractivity contribution is 5.71. The van der Waals surface area contributed by atoms with Gasteiger partial charge in [0, 0.05) is 0 Å². The number of nitrogens with zero attached hydrogens (tertiary/aromatic N) is 1. The minimum atomic E-state index is -0.122. The number of methoxy groups -OCH3 is 1. The second kappa shape index (κ2) is 4.97. The molecule has 1 spiro atoms. The largest absolute Gasteiger partial charge is 0.468 e. The first-order chi connectivity index (χ1) is 9.23. The molecule has 0 N–H and O–H groups in total. The molecular weight excluding hydrogens is 238 g/mol. The molecular formula is C16H21NO2. The predicted octanol–water partition coefficient (Wildman–Crippen LogP) is 2.14. The molecule has 3 nitrogen and oxygen atoms in total. The zero-order valence-electron chi connectivity index (χ0n) is 11.5. The van der Waals surface area contributed by atoms with E-state index in [9.17, 15) is 4.79 Å². The Morgan fingerprint density at radius 1 is 1.26 bits per heavy atom. The maximum Gasteiger partial charge on any atom is 0.319 e. The van der Waals surface area contributed by atoms with Gasteiger partial charge in [0.1, 0.15) is 0 Å².